The minimum atomic E-state index is -0.806. The number of amides is 1. The first-order valence-corrected chi connectivity index (χ1v) is 14.7. The first kappa shape index (κ1) is 28.4. The highest BCUT2D eigenvalue weighted by Gasteiger charge is 2.50. The van der Waals surface area contributed by atoms with Crippen LogP contribution in [-0.4, -0.2) is 22.2 Å². The molecule has 1 amide bonds. The molecule has 2 N–H and O–H groups in total. The molecule has 0 spiro atoms. The number of carbonyl (C=O) groups excluding carboxylic acids is 1. The number of phenolic OH excluding ortho intramolecular Hbond substituents is 1. The van der Waals surface area contributed by atoms with Crippen molar-refractivity contribution in [3.8, 4) is 5.75 Å². The van der Waals surface area contributed by atoms with E-state index in [0.717, 1.165) is 28.1 Å². The SMILES string of the molecule is O=C1[C@H](CC[C@H](O)c2ccc(F)cc2)[C@@H](C2=C(OCc3ccccc3)CC(c3cccc(O)c3)C=C2)N1c1ccccc1. The van der Waals surface area contributed by atoms with Crippen molar-refractivity contribution in [1.82, 2.24) is 0 Å². The molecule has 6 rings (SSSR count). The van der Waals surface area contributed by atoms with Gasteiger partial charge in [-0.3, -0.25) is 4.79 Å². The summed E-state index contributed by atoms with van der Waals surface area (Å²) >= 11 is 0. The lowest BCUT2D eigenvalue weighted by Gasteiger charge is -2.49. The van der Waals surface area contributed by atoms with Gasteiger partial charge in [-0.15, -0.1) is 0 Å². The van der Waals surface area contributed by atoms with Gasteiger partial charge < -0.3 is 19.8 Å². The molecule has 0 bridgehead atoms. The van der Waals surface area contributed by atoms with Crippen LogP contribution in [0.4, 0.5) is 10.1 Å². The number of aliphatic hydroxyl groups excluding tert-OH is 1. The molecule has 1 fully saturated rings. The molecule has 1 aliphatic heterocycles. The average Bonchev–Trinajstić information content (AvgIpc) is 3.04. The van der Waals surface area contributed by atoms with Gasteiger partial charge in [-0.2, -0.15) is 0 Å². The van der Waals surface area contributed by atoms with E-state index < -0.39 is 6.10 Å². The fourth-order valence-electron chi connectivity index (χ4n) is 6.08. The molecule has 2 aliphatic rings. The summed E-state index contributed by atoms with van der Waals surface area (Å²) in [4.78, 5) is 15.5. The van der Waals surface area contributed by atoms with Gasteiger partial charge >= 0.3 is 0 Å². The smallest absolute Gasteiger partial charge is 0.233 e. The third kappa shape index (κ3) is 6.25. The second kappa shape index (κ2) is 12.7. The van der Waals surface area contributed by atoms with Crippen LogP contribution < -0.4 is 4.90 Å². The van der Waals surface area contributed by atoms with Crippen molar-refractivity contribution < 1.29 is 24.1 Å². The van der Waals surface area contributed by atoms with Crippen molar-refractivity contribution >= 4 is 11.6 Å². The van der Waals surface area contributed by atoms with E-state index in [1.807, 2.05) is 77.7 Å². The highest BCUT2D eigenvalue weighted by molar-refractivity contribution is 6.04. The van der Waals surface area contributed by atoms with Crippen LogP contribution in [0.3, 0.4) is 0 Å². The summed E-state index contributed by atoms with van der Waals surface area (Å²) in [7, 11) is 0. The summed E-state index contributed by atoms with van der Waals surface area (Å²) in [5.74, 6) is 0.311. The molecule has 43 heavy (non-hydrogen) atoms. The quantitative estimate of drug-likeness (QED) is 0.191. The van der Waals surface area contributed by atoms with E-state index in [2.05, 4.69) is 12.2 Å². The van der Waals surface area contributed by atoms with E-state index in [-0.39, 0.29) is 35.4 Å². The minimum absolute atomic E-state index is 0.000852. The molecule has 1 aliphatic carbocycles. The predicted octanol–water partition coefficient (Wildman–Crippen LogP) is 7.59. The Balaban J connectivity index is 1.32. The number of carbonyl (C=O) groups is 1. The number of halogens is 1. The monoisotopic (exact) mass is 575 g/mol. The molecule has 218 valence electrons. The van der Waals surface area contributed by atoms with Crippen LogP contribution in [0.2, 0.25) is 0 Å². The van der Waals surface area contributed by atoms with Crippen LogP contribution in [0.1, 0.15) is 48.0 Å². The van der Waals surface area contributed by atoms with Gasteiger partial charge in [0.1, 0.15) is 23.9 Å². The minimum Gasteiger partial charge on any atom is -0.508 e. The fourth-order valence-corrected chi connectivity index (χ4v) is 6.08. The van der Waals surface area contributed by atoms with Crippen molar-refractivity contribution in [1.29, 1.82) is 0 Å². The van der Waals surface area contributed by atoms with Gasteiger partial charge in [-0.25, -0.2) is 4.39 Å². The molecule has 1 saturated heterocycles. The second-order valence-corrected chi connectivity index (χ2v) is 11.2. The Morgan fingerprint density at radius 3 is 2.35 bits per heavy atom. The summed E-state index contributed by atoms with van der Waals surface area (Å²) in [6.07, 6.45) is 4.79. The number of ether oxygens (including phenoxy) is 1. The second-order valence-electron chi connectivity index (χ2n) is 11.2. The number of nitrogens with zero attached hydrogens (tertiary/aromatic N) is 1. The standard InChI is InChI=1S/C37H34FNO4/c38-29-17-14-26(15-18-29)34(41)21-20-33-36(39(37(33)42)30-11-5-2-6-12-30)32-19-16-28(27-10-7-13-31(40)22-27)23-35(32)43-24-25-8-3-1-4-9-25/h1-19,22,28,33-34,36,40-41H,20-21,23-24H2/t28?,33-,34+,36-/m1/s1. The zero-order chi connectivity index (χ0) is 29.8. The first-order valence-electron chi connectivity index (χ1n) is 14.7. The Bertz CT molecular complexity index is 1620. The fraction of sp³-hybridized carbons (Fsp3) is 0.216. The van der Waals surface area contributed by atoms with Gasteiger partial charge in [-0.05, 0) is 65.9 Å². The largest absolute Gasteiger partial charge is 0.508 e. The van der Waals surface area contributed by atoms with Crippen molar-refractivity contribution in [2.24, 2.45) is 5.92 Å². The van der Waals surface area contributed by atoms with Crippen LogP contribution in [0.5, 0.6) is 5.75 Å². The van der Waals surface area contributed by atoms with Crippen LogP contribution in [0, 0.1) is 11.7 Å². The molecular weight excluding hydrogens is 541 g/mol. The first-order chi connectivity index (χ1) is 21.0. The molecule has 4 aromatic carbocycles. The van der Waals surface area contributed by atoms with Crippen LogP contribution in [0.25, 0.3) is 0 Å². The van der Waals surface area contributed by atoms with Gasteiger partial charge in [0.2, 0.25) is 5.91 Å². The predicted molar refractivity (Wildman–Crippen MR) is 165 cm³/mol. The van der Waals surface area contributed by atoms with Gasteiger partial charge in [0.05, 0.1) is 18.1 Å². The molecule has 0 radical (unpaired) electrons. The number of rotatable bonds is 10. The lowest BCUT2D eigenvalue weighted by atomic mass is 9.75. The number of phenols is 1. The summed E-state index contributed by atoms with van der Waals surface area (Å²) in [5.41, 5.74) is 4.41. The number of aliphatic hydroxyl groups is 1. The van der Waals surface area contributed by atoms with Crippen molar-refractivity contribution in [3.63, 3.8) is 0 Å². The Kier molecular flexibility index (Phi) is 8.38. The lowest BCUT2D eigenvalue weighted by molar-refractivity contribution is -0.129. The van der Waals surface area contributed by atoms with E-state index >= 15 is 0 Å². The maximum atomic E-state index is 13.7. The average molecular weight is 576 g/mol. The zero-order valence-corrected chi connectivity index (χ0v) is 23.7. The summed E-state index contributed by atoms with van der Waals surface area (Å²) in [5, 5.41) is 21.0. The van der Waals surface area contributed by atoms with Gasteiger partial charge in [-0.1, -0.05) is 84.9 Å². The van der Waals surface area contributed by atoms with E-state index in [4.69, 9.17) is 4.74 Å². The number of hydrogen-bond donors (Lipinski definition) is 2. The van der Waals surface area contributed by atoms with E-state index in [1.54, 1.807) is 24.3 Å². The molecule has 1 heterocycles. The molecule has 0 aromatic heterocycles. The summed E-state index contributed by atoms with van der Waals surface area (Å²) in [6, 6.07) is 32.4. The molecule has 4 atom stereocenters. The molecule has 0 saturated carbocycles. The Morgan fingerprint density at radius 1 is 0.907 bits per heavy atom. The van der Waals surface area contributed by atoms with Crippen molar-refractivity contribution in [2.75, 3.05) is 4.90 Å². The molecule has 5 nitrogen and oxygen atoms in total. The summed E-state index contributed by atoms with van der Waals surface area (Å²) in [6.45, 7) is 0.389. The van der Waals surface area contributed by atoms with Gasteiger partial charge in [0.25, 0.3) is 0 Å². The molecule has 4 aromatic rings. The maximum absolute atomic E-state index is 13.7. The van der Waals surface area contributed by atoms with E-state index in [0.29, 0.717) is 31.4 Å². The third-order valence-corrected chi connectivity index (χ3v) is 8.36. The number of allylic oxidation sites excluding steroid dienone is 2. The Labute approximate surface area is 251 Å². The number of hydrogen-bond acceptors (Lipinski definition) is 4. The normalized spacial score (nSPS) is 20.6. The van der Waals surface area contributed by atoms with E-state index in [1.165, 1.54) is 12.1 Å². The molecule has 1 unspecified atom stereocenters. The molecular formula is C37H34FNO4. The van der Waals surface area contributed by atoms with Crippen LogP contribution >= 0.6 is 0 Å². The number of para-hydroxylation sites is 1. The molecule has 6 heteroatoms. The maximum Gasteiger partial charge on any atom is 0.233 e. The van der Waals surface area contributed by atoms with Gasteiger partial charge in [0, 0.05) is 23.6 Å². The highest BCUT2D eigenvalue weighted by atomic mass is 19.1. The lowest BCUT2D eigenvalue weighted by Crippen LogP contribution is -2.62. The van der Waals surface area contributed by atoms with Gasteiger partial charge in [0.15, 0.2) is 0 Å². The number of aromatic hydroxyl groups is 1. The zero-order valence-electron chi connectivity index (χ0n) is 23.7. The summed E-state index contributed by atoms with van der Waals surface area (Å²) < 4.78 is 20.0. The van der Waals surface area contributed by atoms with Crippen LogP contribution in [-0.2, 0) is 16.1 Å². The highest BCUT2D eigenvalue weighted by Crippen LogP contribution is 2.45. The van der Waals surface area contributed by atoms with Crippen LogP contribution in [0.15, 0.2) is 133 Å². The Morgan fingerprint density at radius 2 is 1.63 bits per heavy atom. The Hall–Kier alpha value is -4.68. The number of anilines is 1. The van der Waals surface area contributed by atoms with E-state index in [9.17, 15) is 19.4 Å². The van der Waals surface area contributed by atoms with Crippen molar-refractivity contribution in [3.05, 3.63) is 155 Å². The number of benzene rings is 4. The van der Waals surface area contributed by atoms with Crippen molar-refractivity contribution in [2.45, 2.75) is 43.9 Å². The third-order valence-electron chi connectivity index (χ3n) is 8.36. The topological polar surface area (TPSA) is 70.0 Å². The number of β-lactam (4-membered cyclic amide) rings is 1.